The van der Waals surface area contributed by atoms with E-state index in [9.17, 15) is 4.79 Å². The lowest BCUT2D eigenvalue weighted by Crippen LogP contribution is -2.38. The van der Waals surface area contributed by atoms with Gasteiger partial charge in [0.25, 0.3) is 5.56 Å². The van der Waals surface area contributed by atoms with Crippen molar-refractivity contribution in [2.75, 3.05) is 58.5 Å². The van der Waals surface area contributed by atoms with Gasteiger partial charge in [0.1, 0.15) is 11.5 Å². The van der Waals surface area contributed by atoms with Gasteiger partial charge in [0.05, 0.1) is 33.1 Å². The molecule has 29 heavy (non-hydrogen) atoms. The Morgan fingerprint density at radius 1 is 1.10 bits per heavy atom. The van der Waals surface area contributed by atoms with Crippen molar-refractivity contribution in [3.63, 3.8) is 0 Å². The summed E-state index contributed by atoms with van der Waals surface area (Å²) >= 11 is 0. The Balaban J connectivity index is 1.49. The summed E-state index contributed by atoms with van der Waals surface area (Å²) in [7, 11) is 3.32. The van der Waals surface area contributed by atoms with Crippen LogP contribution < -0.4 is 19.9 Å². The second-order valence-electron chi connectivity index (χ2n) is 7.37. The zero-order valence-electron chi connectivity index (χ0n) is 17.1. The van der Waals surface area contributed by atoms with Crippen molar-refractivity contribution in [2.24, 2.45) is 0 Å². The van der Waals surface area contributed by atoms with Gasteiger partial charge < -0.3 is 19.1 Å². The molecule has 8 nitrogen and oxygen atoms in total. The fourth-order valence-electron chi connectivity index (χ4n) is 3.95. The summed E-state index contributed by atoms with van der Waals surface area (Å²) in [5.74, 6) is 2.26. The fraction of sp³-hybridized carbons (Fsp3) is 0.524. The van der Waals surface area contributed by atoms with Crippen LogP contribution in [0.2, 0.25) is 0 Å². The molecule has 0 spiro atoms. The molecule has 0 aliphatic carbocycles. The maximum absolute atomic E-state index is 12.7. The van der Waals surface area contributed by atoms with Crippen LogP contribution in [-0.4, -0.2) is 68.5 Å². The van der Waals surface area contributed by atoms with E-state index in [1.807, 2.05) is 18.2 Å². The van der Waals surface area contributed by atoms with Crippen molar-refractivity contribution in [2.45, 2.75) is 19.4 Å². The van der Waals surface area contributed by atoms with Crippen LogP contribution in [-0.2, 0) is 24.1 Å². The fourth-order valence-corrected chi connectivity index (χ4v) is 3.95. The highest BCUT2D eigenvalue weighted by Gasteiger charge is 2.22. The van der Waals surface area contributed by atoms with Crippen LogP contribution in [0.3, 0.4) is 0 Å². The standard InChI is InChI=1S/C21H28N4O4/c1-27-16-4-3-15(19(13-16)28-2)14-24-7-5-17-18(6-8-24)22-21(23-20(17)26)25-9-11-29-12-10-25/h3-4,13H,5-12,14H2,1-2H3,(H,22,23,26). The molecule has 3 heterocycles. The van der Waals surface area contributed by atoms with Crippen LogP contribution in [0.4, 0.5) is 5.95 Å². The number of benzene rings is 1. The van der Waals surface area contributed by atoms with E-state index in [1.54, 1.807) is 14.2 Å². The number of aromatic nitrogens is 2. The van der Waals surface area contributed by atoms with E-state index in [-0.39, 0.29) is 5.56 Å². The van der Waals surface area contributed by atoms with Gasteiger partial charge >= 0.3 is 0 Å². The second-order valence-corrected chi connectivity index (χ2v) is 7.37. The van der Waals surface area contributed by atoms with Gasteiger partial charge in [0.2, 0.25) is 5.95 Å². The summed E-state index contributed by atoms with van der Waals surface area (Å²) in [6.45, 7) is 5.26. The maximum atomic E-state index is 12.7. The third kappa shape index (κ3) is 4.38. The molecule has 1 N–H and O–H groups in total. The van der Waals surface area contributed by atoms with Crippen LogP contribution >= 0.6 is 0 Å². The Morgan fingerprint density at radius 2 is 1.90 bits per heavy atom. The van der Waals surface area contributed by atoms with Crippen molar-refractivity contribution in [1.82, 2.24) is 14.9 Å². The third-order valence-corrected chi connectivity index (χ3v) is 5.63. The van der Waals surface area contributed by atoms with Crippen LogP contribution in [0.25, 0.3) is 0 Å². The van der Waals surface area contributed by atoms with Crippen LogP contribution in [0.15, 0.2) is 23.0 Å². The molecule has 0 atom stereocenters. The molecule has 1 fully saturated rings. The van der Waals surface area contributed by atoms with E-state index in [2.05, 4.69) is 14.8 Å². The number of methoxy groups -OCH3 is 2. The van der Waals surface area contributed by atoms with Crippen molar-refractivity contribution in [1.29, 1.82) is 0 Å². The molecule has 0 bridgehead atoms. The van der Waals surface area contributed by atoms with E-state index < -0.39 is 0 Å². The van der Waals surface area contributed by atoms with Gasteiger partial charge in [-0.3, -0.25) is 14.7 Å². The number of rotatable bonds is 5. The molecule has 0 saturated carbocycles. The van der Waals surface area contributed by atoms with Crippen LogP contribution in [0.1, 0.15) is 16.8 Å². The van der Waals surface area contributed by atoms with Gasteiger partial charge in [0, 0.05) is 56.3 Å². The molecule has 4 rings (SSSR count). The molecule has 0 amide bonds. The molecule has 1 saturated heterocycles. The number of hydrogen-bond donors (Lipinski definition) is 1. The molecule has 2 aromatic rings. The van der Waals surface area contributed by atoms with Crippen molar-refractivity contribution in [3.8, 4) is 11.5 Å². The predicted octanol–water partition coefficient (Wildman–Crippen LogP) is 1.22. The predicted molar refractivity (Wildman–Crippen MR) is 110 cm³/mol. The normalized spacial score (nSPS) is 17.5. The van der Waals surface area contributed by atoms with E-state index in [0.29, 0.717) is 25.6 Å². The molecule has 1 aromatic carbocycles. The summed E-state index contributed by atoms with van der Waals surface area (Å²) in [5, 5.41) is 0. The molecule has 0 unspecified atom stereocenters. The number of hydrogen-bond acceptors (Lipinski definition) is 7. The van der Waals surface area contributed by atoms with Gasteiger partial charge in [-0.2, -0.15) is 0 Å². The summed E-state index contributed by atoms with van der Waals surface area (Å²) in [4.78, 5) is 24.9. The topological polar surface area (TPSA) is 79.9 Å². The van der Waals surface area contributed by atoms with Gasteiger partial charge in [-0.05, 0) is 12.5 Å². The largest absolute Gasteiger partial charge is 0.497 e. The zero-order chi connectivity index (χ0) is 20.2. The molecule has 8 heteroatoms. The highest BCUT2D eigenvalue weighted by Crippen LogP contribution is 2.26. The van der Waals surface area contributed by atoms with Gasteiger partial charge in [-0.25, -0.2) is 4.98 Å². The Bertz CT molecular complexity index is 908. The lowest BCUT2D eigenvalue weighted by atomic mass is 10.1. The Kier molecular flexibility index (Phi) is 6.01. The Hall–Kier alpha value is -2.58. The molecule has 156 valence electrons. The Morgan fingerprint density at radius 3 is 2.66 bits per heavy atom. The number of H-pyrrole nitrogens is 1. The molecule has 2 aliphatic heterocycles. The number of nitrogens with zero attached hydrogens (tertiary/aromatic N) is 3. The first kappa shape index (κ1) is 19.7. The average Bonchev–Trinajstić information content (AvgIpc) is 2.97. The average molecular weight is 400 g/mol. The highest BCUT2D eigenvalue weighted by atomic mass is 16.5. The minimum atomic E-state index is -0.0135. The smallest absolute Gasteiger partial charge is 0.255 e. The van der Waals surface area contributed by atoms with Crippen LogP contribution in [0.5, 0.6) is 11.5 Å². The SMILES string of the molecule is COc1ccc(CN2CCc3nc(N4CCOCC4)[nH]c(=O)c3CC2)c(OC)c1. The number of nitrogens with one attached hydrogen (secondary N) is 1. The molecular formula is C21H28N4O4. The molecule has 1 aromatic heterocycles. The second kappa shape index (κ2) is 8.84. The van der Waals surface area contributed by atoms with Gasteiger partial charge in [-0.1, -0.05) is 6.07 Å². The quantitative estimate of drug-likeness (QED) is 0.808. The minimum absolute atomic E-state index is 0.0135. The number of ether oxygens (including phenoxy) is 3. The minimum Gasteiger partial charge on any atom is -0.497 e. The molecule has 2 aliphatic rings. The van der Waals surface area contributed by atoms with Gasteiger partial charge in [-0.15, -0.1) is 0 Å². The first-order valence-corrected chi connectivity index (χ1v) is 10.1. The monoisotopic (exact) mass is 400 g/mol. The third-order valence-electron chi connectivity index (χ3n) is 5.63. The van der Waals surface area contributed by atoms with Crippen molar-refractivity contribution >= 4 is 5.95 Å². The van der Waals surface area contributed by atoms with Crippen LogP contribution in [0, 0.1) is 0 Å². The first-order chi connectivity index (χ1) is 14.2. The Labute approximate surface area is 170 Å². The lowest BCUT2D eigenvalue weighted by Gasteiger charge is -2.27. The van der Waals surface area contributed by atoms with Gasteiger partial charge in [0.15, 0.2) is 0 Å². The highest BCUT2D eigenvalue weighted by molar-refractivity contribution is 5.41. The summed E-state index contributed by atoms with van der Waals surface area (Å²) < 4.78 is 16.2. The molecular weight excluding hydrogens is 372 g/mol. The number of aromatic amines is 1. The number of morpholine rings is 1. The van der Waals surface area contributed by atoms with E-state index in [1.165, 1.54) is 0 Å². The first-order valence-electron chi connectivity index (χ1n) is 10.1. The summed E-state index contributed by atoms with van der Waals surface area (Å²) in [6, 6.07) is 5.89. The summed E-state index contributed by atoms with van der Waals surface area (Å²) in [5.41, 5.74) is 2.82. The maximum Gasteiger partial charge on any atom is 0.255 e. The molecule has 0 radical (unpaired) electrons. The van der Waals surface area contributed by atoms with E-state index >= 15 is 0 Å². The zero-order valence-corrected chi connectivity index (χ0v) is 17.1. The van der Waals surface area contributed by atoms with E-state index in [4.69, 9.17) is 19.2 Å². The van der Waals surface area contributed by atoms with Crippen molar-refractivity contribution in [3.05, 3.63) is 45.4 Å². The lowest BCUT2D eigenvalue weighted by molar-refractivity contribution is 0.122. The number of anilines is 1. The summed E-state index contributed by atoms with van der Waals surface area (Å²) in [6.07, 6.45) is 1.45. The van der Waals surface area contributed by atoms with Crippen molar-refractivity contribution < 1.29 is 14.2 Å². The number of fused-ring (bicyclic) bond motifs is 1. The van der Waals surface area contributed by atoms with E-state index in [0.717, 1.165) is 67.5 Å².